The van der Waals surface area contributed by atoms with Crippen LogP contribution in [0.3, 0.4) is 0 Å². The third kappa shape index (κ3) is 2.31. The lowest BCUT2D eigenvalue weighted by Gasteiger charge is -2.08. The van der Waals surface area contributed by atoms with Crippen LogP contribution in [0.15, 0.2) is 0 Å². The van der Waals surface area contributed by atoms with Crippen molar-refractivity contribution in [1.29, 1.82) is 0 Å². The van der Waals surface area contributed by atoms with E-state index in [-0.39, 0.29) is 6.10 Å². The Morgan fingerprint density at radius 1 is 1.64 bits per heavy atom. The molecular formula is C6H9ClN2OS. The van der Waals surface area contributed by atoms with Crippen molar-refractivity contribution in [2.45, 2.75) is 26.4 Å². The maximum Gasteiger partial charge on any atom is 0.265 e. The Hall–Kier alpha value is -0.350. The molecule has 1 unspecified atom stereocenters. The topological polar surface area (TPSA) is 35.0 Å². The molecule has 11 heavy (non-hydrogen) atoms. The van der Waals surface area contributed by atoms with E-state index < -0.39 is 0 Å². The fraction of sp³-hybridized carbons (Fsp3) is 0.667. The van der Waals surface area contributed by atoms with E-state index in [9.17, 15) is 0 Å². The molecule has 0 bridgehead atoms. The number of hydrogen-bond donors (Lipinski definition) is 0. The number of aromatic nitrogens is 2. The molecule has 1 rings (SSSR count). The second-order valence-electron chi connectivity index (χ2n) is 2.20. The van der Waals surface area contributed by atoms with Crippen LogP contribution in [0.2, 0.25) is 5.15 Å². The summed E-state index contributed by atoms with van der Waals surface area (Å²) in [6.07, 6.45) is 1.09. The van der Waals surface area contributed by atoms with Gasteiger partial charge < -0.3 is 4.74 Å². The number of nitrogens with zero attached hydrogens (tertiary/aromatic N) is 2. The summed E-state index contributed by atoms with van der Waals surface area (Å²) in [5, 5.41) is 0.357. The van der Waals surface area contributed by atoms with E-state index >= 15 is 0 Å². The van der Waals surface area contributed by atoms with E-state index in [0.29, 0.717) is 11.0 Å². The first kappa shape index (κ1) is 8.74. The number of hydrogen-bond acceptors (Lipinski definition) is 4. The van der Waals surface area contributed by atoms with Crippen LogP contribution in [0, 0.1) is 0 Å². The predicted octanol–water partition coefficient (Wildman–Crippen LogP) is 2.37. The Labute approximate surface area is 74.7 Å². The summed E-state index contributed by atoms with van der Waals surface area (Å²) >= 11 is 6.71. The van der Waals surface area contributed by atoms with Gasteiger partial charge in [0.1, 0.15) is 0 Å². The molecule has 0 saturated carbocycles. The second kappa shape index (κ2) is 3.88. The summed E-state index contributed by atoms with van der Waals surface area (Å²) < 4.78 is 13.0. The van der Waals surface area contributed by atoms with Gasteiger partial charge in [0.2, 0.25) is 5.15 Å². The lowest BCUT2D eigenvalue weighted by molar-refractivity contribution is 0.210. The van der Waals surface area contributed by atoms with E-state index in [1.54, 1.807) is 0 Å². The molecule has 1 atom stereocenters. The van der Waals surface area contributed by atoms with Crippen molar-refractivity contribution in [2.24, 2.45) is 0 Å². The molecule has 0 fully saturated rings. The van der Waals surface area contributed by atoms with Gasteiger partial charge >= 0.3 is 0 Å². The summed E-state index contributed by atoms with van der Waals surface area (Å²) in [5.41, 5.74) is 0. The normalized spacial score (nSPS) is 13.0. The van der Waals surface area contributed by atoms with Crippen LogP contribution in [-0.4, -0.2) is 14.9 Å². The average molecular weight is 193 g/mol. The molecule has 62 valence electrons. The average Bonchev–Trinajstić information content (AvgIpc) is 2.37. The van der Waals surface area contributed by atoms with Gasteiger partial charge in [-0.3, -0.25) is 0 Å². The monoisotopic (exact) mass is 192 g/mol. The van der Waals surface area contributed by atoms with Crippen molar-refractivity contribution in [1.82, 2.24) is 8.75 Å². The van der Waals surface area contributed by atoms with Crippen LogP contribution in [0.4, 0.5) is 0 Å². The Morgan fingerprint density at radius 2 is 2.36 bits per heavy atom. The molecule has 0 aromatic carbocycles. The molecule has 0 radical (unpaired) electrons. The minimum Gasteiger partial charge on any atom is -0.472 e. The molecule has 0 aliphatic heterocycles. The summed E-state index contributed by atoms with van der Waals surface area (Å²) in [6, 6.07) is 0. The molecular weight excluding hydrogens is 184 g/mol. The lowest BCUT2D eigenvalue weighted by Crippen LogP contribution is -2.09. The van der Waals surface area contributed by atoms with Crippen LogP contribution in [0.25, 0.3) is 0 Å². The van der Waals surface area contributed by atoms with E-state index in [2.05, 4.69) is 8.75 Å². The van der Waals surface area contributed by atoms with Crippen molar-refractivity contribution >= 4 is 23.3 Å². The van der Waals surface area contributed by atoms with Crippen molar-refractivity contribution in [3.63, 3.8) is 0 Å². The Balaban J connectivity index is 2.56. The summed E-state index contributed by atoms with van der Waals surface area (Å²) in [4.78, 5) is 0. The van der Waals surface area contributed by atoms with Crippen LogP contribution >= 0.6 is 23.3 Å². The summed E-state index contributed by atoms with van der Waals surface area (Å²) in [5.74, 6) is 0.450. The summed E-state index contributed by atoms with van der Waals surface area (Å²) in [7, 11) is 0. The zero-order chi connectivity index (χ0) is 8.27. The minimum atomic E-state index is 0.149. The molecule has 0 saturated heterocycles. The summed E-state index contributed by atoms with van der Waals surface area (Å²) in [6.45, 7) is 4.01. The molecule has 0 spiro atoms. The number of rotatable bonds is 3. The maximum absolute atomic E-state index is 5.65. The third-order valence-corrected chi connectivity index (χ3v) is 2.17. The maximum atomic E-state index is 5.65. The van der Waals surface area contributed by atoms with Gasteiger partial charge in [-0.05, 0) is 13.3 Å². The molecule has 0 aliphatic carbocycles. The van der Waals surface area contributed by atoms with E-state index in [4.69, 9.17) is 16.3 Å². The number of halogens is 1. The lowest BCUT2D eigenvalue weighted by atomic mass is 10.3. The van der Waals surface area contributed by atoms with Gasteiger partial charge in [-0.25, -0.2) is 0 Å². The fourth-order valence-corrected chi connectivity index (χ4v) is 1.14. The molecule has 1 heterocycles. The fourth-order valence-electron chi connectivity index (χ4n) is 0.514. The molecule has 3 nitrogen and oxygen atoms in total. The highest BCUT2D eigenvalue weighted by atomic mass is 35.5. The molecule has 0 N–H and O–H groups in total. The standard InChI is InChI=1S/C6H9ClN2OS/c1-3-4(2)10-6-5(7)8-11-9-6/h4H,3H2,1-2H3. The predicted molar refractivity (Wildman–Crippen MR) is 45.3 cm³/mol. The highest BCUT2D eigenvalue weighted by Crippen LogP contribution is 2.21. The zero-order valence-corrected chi connectivity index (χ0v) is 7.95. The zero-order valence-electron chi connectivity index (χ0n) is 6.37. The Kier molecular flexibility index (Phi) is 3.08. The van der Waals surface area contributed by atoms with Gasteiger partial charge in [0.05, 0.1) is 17.8 Å². The largest absolute Gasteiger partial charge is 0.472 e. The number of ether oxygens (including phenoxy) is 1. The molecule has 0 aliphatic rings. The molecule has 1 aromatic rings. The van der Waals surface area contributed by atoms with E-state index in [1.165, 1.54) is 0 Å². The SMILES string of the molecule is CCC(C)Oc1nsnc1Cl. The first-order chi connectivity index (χ1) is 5.24. The van der Waals surface area contributed by atoms with Gasteiger partial charge in [-0.15, -0.1) is 4.37 Å². The molecule has 5 heteroatoms. The van der Waals surface area contributed by atoms with E-state index in [0.717, 1.165) is 18.1 Å². The van der Waals surface area contributed by atoms with Crippen molar-refractivity contribution in [3.8, 4) is 5.88 Å². The van der Waals surface area contributed by atoms with Gasteiger partial charge in [0.25, 0.3) is 5.88 Å². The molecule has 1 aromatic heterocycles. The van der Waals surface area contributed by atoms with E-state index in [1.807, 2.05) is 13.8 Å². The van der Waals surface area contributed by atoms with Crippen LogP contribution < -0.4 is 4.74 Å². The highest BCUT2D eigenvalue weighted by molar-refractivity contribution is 6.99. The van der Waals surface area contributed by atoms with Crippen LogP contribution in [-0.2, 0) is 0 Å². The first-order valence-electron chi connectivity index (χ1n) is 3.38. The van der Waals surface area contributed by atoms with Gasteiger partial charge in [-0.2, -0.15) is 4.37 Å². The molecule has 0 amide bonds. The smallest absolute Gasteiger partial charge is 0.265 e. The van der Waals surface area contributed by atoms with Gasteiger partial charge in [-0.1, -0.05) is 18.5 Å². The van der Waals surface area contributed by atoms with Crippen LogP contribution in [0.1, 0.15) is 20.3 Å². The van der Waals surface area contributed by atoms with Crippen LogP contribution in [0.5, 0.6) is 5.88 Å². The quantitative estimate of drug-likeness (QED) is 0.738. The van der Waals surface area contributed by atoms with Gasteiger partial charge in [0, 0.05) is 0 Å². The third-order valence-electron chi connectivity index (χ3n) is 1.31. The highest BCUT2D eigenvalue weighted by Gasteiger charge is 2.08. The van der Waals surface area contributed by atoms with Gasteiger partial charge in [0.15, 0.2) is 0 Å². The minimum absolute atomic E-state index is 0.149. The van der Waals surface area contributed by atoms with Crippen molar-refractivity contribution in [2.75, 3.05) is 0 Å². The first-order valence-corrected chi connectivity index (χ1v) is 4.49. The van der Waals surface area contributed by atoms with Crippen molar-refractivity contribution < 1.29 is 4.74 Å². The second-order valence-corrected chi connectivity index (χ2v) is 3.08. The Morgan fingerprint density at radius 3 is 2.82 bits per heavy atom. The Bertz CT molecular complexity index is 228. The van der Waals surface area contributed by atoms with Crippen molar-refractivity contribution in [3.05, 3.63) is 5.15 Å².